The summed E-state index contributed by atoms with van der Waals surface area (Å²) in [5, 5.41) is 4.86. The standard InChI is InChI=1S/C17H22N2O2/c1-12(2)14-6-8-15(9-7-14)19-17(20)11-18-13(3)16-5-4-10-21-16/h4-10,12-13,18H,11H2,1-3H3,(H,19,20)/p+1/t13-/m0/s1. The van der Waals surface area contributed by atoms with Crippen LogP contribution in [0.2, 0.25) is 0 Å². The zero-order valence-corrected chi connectivity index (χ0v) is 12.8. The SMILES string of the molecule is CC(C)c1ccc(NC(=O)C[NH2+][C@@H](C)c2ccco2)cc1. The lowest BCUT2D eigenvalue weighted by Gasteiger charge is -2.10. The van der Waals surface area contributed by atoms with Gasteiger partial charge < -0.3 is 15.1 Å². The molecule has 1 heterocycles. The molecular formula is C17H23N2O2+. The molecule has 0 spiro atoms. The second-order valence-electron chi connectivity index (χ2n) is 5.57. The molecule has 112 valence electrons. The summed E-state index contributed by atoms with van der Waals surface area (Å²) in [6.07, 6.45) is 1.65. The number of carbonyl (C=O) groups excluding carboxylic acids is 1. The molecule has 0 aliphatic rings. The Morgan fingerprint density at radius 3 is 2.48 bits per heavy atom. The summed E-state index contributed by atoms with van der Waals surface area (Å²) in [5.41, 5.74) is 2.11. The number of rotatable bonds is 6. The van der Waals surface area contributed by atoms with E-state index in [1.54, 1.807) is 6.26 Å². The predicted octanol–water partition coefficient (Wildman–Crippen LogP) is 2.67. The van der Waals surface area contributed by atoms with Crippen molar-refractivity contribution < 1.29 is 14.5 Å². The van der Waals surface area contributed by atoms with E-state index in [9.17, 15) is 4.79 Å². The molecule has 1 atom stereocenters. The molecule has 0 unspecified atom stereocenters. The summed E-state index contributed by atoms with van der Waals surface area (Å²) >= 11 is 0. The van der Waals surface area contributed by atoms with Crippen molar-refractivity contribution in [2.24, 2.45) is 0 Å². The zero-order chi connectivity index (χ0) is 15.2. The molecule has 0 radical (unpaired) electrons. The lowest BCUT2D eigenvalue weighted by molar-refractivity contribution is -0.684. The summed E-state index contributed by atoms with van der Waals surface area (Å²) in [7, 11) is 0. The van der Waals surface area contributed by atoms with Crippen molar-refractivity contribution in [1.29, 1.82) is 0 Å². The van der Waals surface area contributed by atoms with E-state index in [0.717, 1.165) is 11.4 Å². The molecule has 1 aromatic carbocycles. The predicted molar refractivity (Wildman–Crippen MR) is 83.1 cm³/mol. The fourth-order valence-corrected chi connectivity index (χ4v) is 2.11. The summed E-state index contributed by atoms with van der Waals surface area (Å²) in [4.78, 5) is 11.9. The number of quaternary nitrogens is 1. The van der Waals surface area contributed by atoms with Gasteiger partial charge in [0.05, 0.1) is 6.26 Å². The molecule has 4 nitrogen and oxygen atoms in total. The summed E-state index contributed by atoms with van der Waals surface area (Å²) < 4.78 is 5.32. The van der Waals surface area contributed by atoms with E-state index in [4.69, 9.17) is 4.42 Å². The van der Waals surface area contributed by atoms with Gasteiger partial charge >= 0.3 is 0 Å². The molecule has 1 amide bonds. The second kappa shape index (κ2) is 7.09. The Kier molecular flexibility index (Phi) is 5.17. The first-order valence-electron chi connectivity index (χ1n) is 7.33. The molecule has 0 saturated carbocycles. The van der Waals surface area contributed by atoms with E-state index in [-0.39, 0.29) is 11.9 Å². The number of anilines is 1. The number of hydrogen-bond acceptors (Lipinski definition) is 2. The number of furan rings is 1. The van der Waals surface area contributed by atoms with E-state index in [2.05, 4.69) is 31.3 Å². The van der Waals surface area contributed by atoms with Crippen LogP contribution in [0.1, 0.15) is 44.1 Å². The van der Waals surface area contributed by atoms with E-state index >= 15 is 0 Å². The van der Waals surface area contributed by atoms with E-state index in [1.807, 2.05) is 36.5 Å². The maximum atomic E-state index is 11.9. The van der Waals surface area contributed by atoms with Crippen LogP contribution in [0.3, 0.4) is 0 Å². The lowest BCUT2D eigenvalue weighted by atomic mass is 10.0. The first-order chi connectivity index (χ1) is 10.1. The quantitative estimate of drug-likeness (QED) is 0.858. The Labute approximate surface area is 125 Å². The van der Waals surface area contributed by atoms with Crippen LogP contribution in [0.5, 0.6) is 0 Å². The van der Waals surface area contributed by atoms with E-state index in [1.165, 1.54) is 5.56 Å². The van der Waals surface area contributed by atoms with Crippen LogP contribution in [-0.4, -0.2) is 12.5 Å². The van der Waals surface area contributed by atoms with Crippen molar-refractivity contribution in [1.82, 2.24) is 0 Å². The van der Waals surface area contributed by atoms with Crippen molar-refractivity contribution in [2.45, 2.75) is 32.7 Å². The van der Waals surface area contributed by atoms with Crippen LogP contribution in [0.15, 0.2) is 47.1 Å². The van der Waals surface area contributed by atoms with Gasteiger partial charge in [-0.15, -0.1) is 0 Å². The Morgan fingerprint density at radius 2 is 1.90 bits per heavy atom. The van der Waals surface area contributed by atoms with Crippen molar-refractivity contribution in [2.75, 3.05) is 11.9 Å². The van der Waals surface area contributed by atoms with Crippen LogP contribution in [0, 0.1) is 0 Å². The minimum Gasteiger partial charge on any atom is -0.463 e. The molecule has 0 aliphatic heterocycles. The number of benzene rings is 1. The molecule has 0 saturated heterocycles. The fourth-order valence-electron chi connectivity index (χ4n) is 2.11. The van der Waals surface area contributed by atoms with Gasteiger partial charge in [-0.1, -0.05) is 26.0 Å². The first kappa shape index (κ1) is 15.3. The summed E-state index contributed by atoms with van der Waals surface area (Å²) in [6.45, 7) is 6.69. The van der Waals surface area contributed by atoms with Crippen molar-refractivity contribution in [3.05, 3.63) is 54.0 Å². The number of amides is 1. The molecule has 0 aliphatic carbocycles. The van der Waals surface area contributed by atoms with Gasteiger partial charge in [-0.3, -0.25) is 4.79 Å². The van der Waals surface area contributed by atoms with Gasteiger partial charge in [0.25, 0.3) is 5.91 Å². The largest absolute Gasteiger partial charge is 0.463 e. The number of hydrogen-bond donors (Lipinski definition) is 2. The van der Waals surface area contributed by atoms with Crippen LogP contribution >= 0.6 is 0 Å². The van der Waals surface area contributed by atoms with Gasteiger partial charge in [0.2, 0.25) is 0 Å². The number of carbonyl (C=O) groups is 1. The number of nitrogens with two attached hydrogens (primary N) is 1. The minimum absolute atomic E-state index is 0.00861. The van der Waals surface area contributed by atoms with E-state index in [0.29, 0.717) is 12.5 Å². The molecule has 4 heteroatoms. The Bertz CT molecular complexity index is 559. The third kappa shape index (κ3) is 4.46. The third-order valence-corrected chi connectivity index (χ3v) is 3.51. The Balaban J connectivity index is 1.81. The molecule has 1 aromatic heterocycles. The first-order valence-corrected chi connectivity index (χ1v) is 7.33. The molecule has 0 bridgehead atoms. The average Bonchev–Trinajstić information content (AvgIpc) is 2.99. The monoisotopic (exact) mass is 287 g/mol. The minimum atomic E-state index is -0.00861. The molecule has 3 N–H and O–H groups in total. The van der Waals surface area contributed by atoms with Gasteiger partial charge in [0, 0.05) is 5.69 Å². The average molecular weight is 287 g/mol. The lowest BCUT2D eigenvalue weighted by Crippen LogP contribution is -2.86. The molecule has 2 rings (SSSR count). The highest BCUT2D eigenvalue weighted by Gasteiger charge is 2.13. The second-order valence-corrected chi connectivity index (χ2v) is 5.57. The normalized spacial score (nSPS) is 12.4. The molecule has 0 fully saturated rings. The van der Waals surface area contributed by atoms with Gasteiger partial charge in [0.1, 0.15) is 6.04 Å². The van der Waals surface area contributed by atoms with Crippen LogP contribution in [0.25, 0.3) is 0 Å². The molecule has 21 heavy (non-hydrogen) atoms. The highest BCUT2D eigenvalue weighted by Crippen LogP contribution is 2.16. The topological polar surface area (TPSA) is 58.9 Å². The third-order valence-electron chi connectivity index (χ3n) is 3.51. The van der Waals surface area contributed by atoms with Crippen LogP contribution < -0.4 is 10.6 Å². The van der Waals surface area contributed by atoms with Gasteiger partial charge in [-0.2, -0.15) is 0 Å². The molecular weight excluding hydrogens is 264 g/mol. The van der Waals surface area contributed by atoms with Gasteiger partial charge in [-0.25, -0.2) is 0 Å². The summed E-state index contributed by atoms with van der Waals surface area (Å²) in [5.74, 6) is 1.37. The van der Waals surface area contributed by atoms with Crippen molar-refractivity contribution >= 4 is 11.6 Å². The van der Waals surface area contributed by atoms with Crippen molar-refractivity contribution in [3.8, 4) is 0 Å². The highest BCUT2D eigenvalue weighted by molar-refractivity contribution is 5.91. The Morgan fingerprint density at radius 1 is 1.19 bits per heavy atom. The maximum Gasteiger partial charge on any atom is 0.279 e. The van der Waals surface area contributed by atoms with Crippen LogP contribution in [-0.2, 0) is 4.79 Å². The van der Waals surface area contributed by atoms with Gasteiger partial charge in [-0.05, 0) is 42.7 Å². The van der Waals surface area contributed by atoms with E-state index < -0.39 is 0 Å². The zero-order valence-electron chi connectivity index (χ0n) is 12.8. The van der Waals surface area contributed by atoms with Crippen molar-refractivity contribution in [3.63, 3.8) is 0 Å². The molecule has 2 aromatic rings. The smallest absolute Gasteiger partial charge is 0.279 e. The Hall–Kier alpha value is -2.07. The van der Waals surface area contributed by atoms with Crippen LogP contribution in [0.4, 0.5) is 5.69 Å². The maximum absolute atomic E-state index is 11.9. The van der Waals surface area contributed by atoms with Gasteiger partial charge in [0.15, 0.2) is 12.3 Å². The highest BCUT2D eigenvalue weighted by atomic mass is 16.3. The number of nitrogens with one attached hydrogen (secondary N) is 1. The fraction of sp³-hybridized carbons (Fsp3) is 0.353. The summed E-state index contributed by atoms with van der Waals surface area (Å²) in [6, 6.07) is 11.9.